The fourth-order valence-electron chi connectivity index (χ4n) is 4.91. The van der Waals surface area contributed by atoms with Gasteiger partial charge in [-0.3, -0.25) is 4.98 Å². The highest BCUT2D eigenvalue weighted by Gasteiger charge is 2.51. The Hall–Kier alpha value is -1.39. The van der Waals surface area contributed by atoms with Gasteiger partial charge in [-0.25, -0.2) is 4.79 Å². The number of amides is 1. The standard InChI is InChI=1S/C23H35N3O5S/c1-22(2,3)32(29)25-20-17-12-16(15-31-19-6-4-5-11-30-19)14-24-18(17)13-23(20)7-9-26(10-8-23)21(27)28/h12,14,19-20,25H,4-11,13,15H2,1-3H3,(H,27,28)/t19?,20-,32?/m1/s1. The van der Waals surface area contributed by atoms with Gasteiger partial charge in [0.1, 0.15) is 4.75 Å². The summed E-state index contributed by atoms with van der Waals surface area (Å²) in [5.74, 6) is 0. The first-order valence-corrected chi connectivity index (χ1v) is 12.7. The van der Waals surface area contributed by atoms with Crippen molar-refractivity contribution in [3.63, 3.8) is 0 Å². The molecule has 2 fully saturated rings. The molecule has 4 rings (SSSR count). The van der Waals surface area contributed by atoms with Crippen LogP contribution in [0.3, 0.4) is 0 Å². The van der Waals surface area contributed by atoms with E-state index in [9.17, 15) is 14.5 Å². The fourth-order valence-corrected chi connectivity index (χ4v) is 5.86. The van der Waals surface area contributed by atoms with Crippen LogP contribution in [0.25, 0.3) is 0 Å². The summed E-state index contributed by atoms with van der Waals surface area (Å²) in [5.41, 5.74) is 2.87. The maximum Gasteiger partial charge on any atom is 0.407 e. The molecule has 1 aromatic rings. The normalized spacial score (nSPS) is 26.2. The third-order valence-corrected chi connectivity index (χ3v) is 8.45. The molecule has 1 aliphatic carbocycles. The number of hydrogen-bond donors (Lipinski definition) is 2. The first-order valence-electron chi connectivity index (χ1n) is 11.5. The van der Waals surface area contributed by atoms with Crippen LogP contribution in [0.4, 0.5) is 4.79 Å². The zero-order valence-corrected chi connectivity index (χ0v) is 20.1. The van der Waals surface area contributed by atoms with E-state index in [1.54, 1.807) is 0 Å². The van der Waals surface area contributed by atoms with Crippen LogP contribution in [0.15, 0.2) is 12.3 Å². The topological polar surface area (TPSA) is 107 Å². The molecule has 2 saturated heterocycles. The van der Waals surface area contributed by atoms with E-state index in [0.29, 0.717) is 19.7 Å². The second-order valence-electron chi connectivity index (χ2n) is 10.2. The number of pyridine rings is 1. The van der Waals surface area contributed by atoms with Crippen molar-refractivity contribution in [2.75, 3.05) is 19.7 Å². The molecule has 0 saturated carbocycles. The Morgan fingerprint density at radius 3 is 2.78 bits per heavy atom. The summed E-state index contributed by atoms with van der Waals surface area (Å²) in [5, 5.41) is 9.39. The van der Waals surface area contributed by atoms with Gasteiger partial charge in [0.2, 0.25) is 0 Å². The van der Waals surface area contributed by atoms with E-state index in [-0.39, 0.29) is 17.7 Å². The Kier molecular flexibility index (Phi) is 7.03. The van der Waals surface area contributed by atoms with Crippen LogP contribution in [0.5, 0.6) is 0 Å². The van der Waals surface area contributed by atoms with E-state index in [4.69, 9.17) is 14.5 Å². The summed E-state index contributed by atoms with van der Waals surface area (Å²) >= 11 is -1.25. The van der Waals surface area contributed by atoms with Gasteiger partial charge in [0.15, 0.2) is 6.29 Å². The van der Waals surface area contributed by atoms with Gasteiger partial charge >= 0.3 is 6.09 Å². The van der Waals surface area contributed by atoms with Gasteiger partial charge in [0.25, 0.3) is 0 Å². The Morgan fingerprint density at radius 1 is 1.41 bits per heavy atom. The lowest BCUT2D eigenvalue weighted by Crippen LogP contribution is -2.50. The molecule has 2 aliphatic heterocycles. The molecule has 3 aliphatic rings. The molecule has 0 radical (unpaired) electrons. The number of fused-ring (bicyclic) bond motifs is 1. The number of piperidine rings is 1. The van der Waals surface area contributed by atoms with Crippen LogP contribution in [-0.2, 0) is 33.9 Å². The molecule has 8 nitrogen and oxygen atoms in total. The lowest BCUT2D eigenvalue weighted by atomic mass is 9.73. The van der Waals surface area contributed by atoms with Crippen molar-refractivity contribution < 1.29 is 23.9 Å². The molecule has 3 atom stereocenters. The third kappa shape index (κ3) is 5.07. The number of carboxylic acid groups (broad SMARTS) is 1. The van der Waals surface area contributed by atoms with Crippen molar-refractivity contribution in [3.8, 4) is 0 Å². The van der Waals surface area contributed by atoms with Gasteiger partial charge < -0.3 is 24.0 Å². The first-order chi connectivity index (χ1) is 15.2. The van der Waals surface area contributed by atoms with Gasteiger partial charge in [-0.1, -0.05) is 0 Å². The molecule has 178 valence electrons. The predicted octanol–water partition coefficient (Wildman–Crippen LogP) is 3.53. The van der Waals surface area contributed by atoms with Crippen LogP contribution in [-0.4, -0.2) is 56.4 Å². The number of ether oxygens (including phenoxy) is 2. The largest absolute Gasteiger partial charge is 0.598 e. The second-order valence-corrected chi connectivity index (χ2v) is 12.2. The van der Waals surface area contributed by atoms with E-state index < -0.39 is 22.2 Å². The minimum atomic E-state index is -1.25. The monoisotopic (exact) mass is 465 g/mol. The second kappa shape index (κ2) is 9.46. The van der Waals surface area contributed by atoms with E-state index in [1.165, 1.54) is 4.90 Å². The van der Waals surface area contributed by atoms with Crippen LogP contribution < -0.4 is 4.72 Å². The number of rotatable bonds is 5. The average molecular weight is 466 g/mol. The van der Waals surface area contributed by atoms with Crippen molar-refractivity contribution >= 4 is 17.5 Å². The number of hydrogen-bond acceptors (Lipinski definition) is 6. The molecule has 2 unspecified atom stereocenters. The zero-order valence-electron chi connectivity index (χ0n) is 19.3. The van der Waals surface area contributed by atoms with E-state index in [1.807, 2.05) is 27.0 Å². The molecule has 1 spiro atoms. The van der Waals surface area contributed by atoms with Crippen molar-refractivity contribution in [2.45, 2.75) is 83.0 Å². The van der Waals surface area contributed by atoms with Crippen molar-refractivity contribution in [3.05, 3.63) is 29.1 Å². The summed E-state index contributed by atoms with van der Waals surface area (Å²) in [6.07, 6.45) is 6.15. The van der Waals surface area contributed by atoms with Gasteiger partial charge in [0, 0.05) is 48.4 Å². The van der Waals surface area contributed by atoms with Crippen molar-refractivity contribution in [1.82, 2.24) is 14.6 Å². The Labute approximate surface area is 193 Å². The Bertz CT molecular complexity index is 816. The summed E-state index contributed by atoms with van der Waals surface area (Å²) in [4.78, 5) is 17.7. The molecule has 9 heteroatoms. The number of aromatic nitrogens is 1. The van der Waals surface area contributed by atoms with Crippen molar-refractivity contribution in [2.24, 2.45) is 5.41 Å². The highest BCUT2D eigenvalue weighted by Crippen LogP contribution is 2.52. The van der Waals surface area contributed by atoms with Crippen LogP contribution >= 0.6 is 0 Å². The molecule has 1 aromatic heterocycles. The smallest absolute Gasteiger partial charge is 0.407 e. The minimum absolute atomic E-state index is 0.133. The summed E-state index contributed by atoms with van der Waals surface area (Å²) in [7, 11) is 0. The lowest BCUT2D eigenvalue weighted by molar-refractivity contribution is -0.168. The number of carbonyl (C=O) groups is 1. The highest BCUT2D eigenvalue weighted by molar-refractivity contribution is 7.90. The summed E-state index contributed by atoms with van der Waals surface area (Å²) < 4.78 is 27.7. The van der Waals surface area contributed by atoms with Gasteiger partial charge in [-0.2, -0.15) is 0 Å². The lowest BCUT2D eigenvalue weighted by Gasteiger charge is -2.43. The maximum atomic E-state index is 13.1. The van der Waals surface area contributed by atoms with Crippen LogP contribution in [0, 0.1) is 5.41 Å². The molecule has 0 bridgehead atoms. The molecular weight excluding hydrogens is 430 g/mol. The molecule has 32 heavy (non-hydrogen) atoms. The molecule has 2 N–H and O–H groups in total. The molecular formula is C23H35N3O5S. The van der Waals surface area contributed by atoms with E-state index in [2.05, 4.69) is 10.8 Å². The number of nitrogens with zero attached hydrogens (tertiary/aromatic N) is 2. The van der Waals surface area contributed by atoms with Gasteiger partial charge in [-0.15, -0.1) is 4.72 Å². The van der Waals surface area contributed by atoms with E-state index in [0.717, 1.165) is 62.0 Å². The predicted molar refractivity (Wildman–Crippen MR) is 121 cm³/mol. The first kappa shape index (κ1) is 23.8. The third-order valence-electron chi connectivity index (χ3n) is 6.89. The molecule has 1 amide bonds. The maximum absolute atomic E-state index is 13.1. The summed E-state index contributed by atoms with van der Waals surface area (Å²) in [6.45, 7) is 8.01. The van der Waals surface area contributed by atoms with Gasteiger partial charge in [-0.05, 0) is 76.5 Å². The SMILES string of the molecule is CC(C)(C)[S+]([O-])N[C@@H]1c2cc(COC3CCCCO3)cnc2CC12CCN(C(=O)O)CC2. The number of likely N-dealkylation sites (tertiary alicyclic amines) is 1. The van der Waals surface area contributed by atoms with E-state index >= 15 is 0 Å². The average Bonchev–Trinajstić information content (AvgIpc) is 3.04. The Morgan fingerprint density at radius 2 is 2.16 bits per heavy atom. The summed E-state index contributed by atoms with van der Waals surface area (Å²) in [6, 6.07) is 1.99. The molecule has 3 heterocycles. The minimum Gasteiger partial charge on any atom is -0.598 e. The fraction of sp³-hybridized carbons (Fsp3) is 0.739. The highest BCUT2D eigenvalue weighted by atomic mass is 32.2. The molecule has 0 aromatic carbocycles. The van der Waals surface area contributed by atoms with Crippen molar-refractivity contribution in [1.29, 1.82) is 0 Å². The zero-order chi connectivity index (χ0) is 22.9. The quantitative estimate of drug-likeness (QED) is 0.641. The Balaban J connectivity index is 1.55. The van der Waals surface area contributed by atoms with Gasteiger partial charge in [0.05, 0.1) is 12.6 Å². The van der Waals surface area contributed by atoms with Crippen LogP contribution in [0.2, 0.25) is 0 Å². The number of nitrogens with one attached hydrogen (secondary N) is 1. The van der Waals surface area contributed by atoms with Crippen LogP contribution in [0.1, 0.15) is 75.7 Å².